The molecule has 6 nitrogen and oxygen atoms in total. The van der Waals surface area contributed by atoms with Crippen LogP contribution in [-0.2, 0) is 14.3 Å². The van der Waals surface area contributed by atoms with Crippen molar-refractivity contribution >= 4 is 15.8 Å². The quantitative estimate of drug-likeness (QED) is 0.507. The number of anilines is 1. The highest BCUT2D eigenvalue weighted by Crippen LogP contribution is 2.49. The Morgan fingerprint density at radius 3 is 2.56 bits per heavy atom. The van der Waals surface area contributed by atoms with Crippen molar-refractivity contribution < 1.29 is 22.1 Å². The average Bonchev–Trinajstić information content (AvgIpc) is 2.93. The minimum Gasteiger partial charge on any atom is -0.497 e. The molecular formula is C25H25NO5S. The molecule has 2 aliphatic rings. The molecule has 3 aromatic carbocycles. The number of piperidine rings is 1. The van der Waals surface area contributed by atoms with E-state index >= 15 is 0 Å². The predicted molar refractivity (Wildman–Crippen MR) is 122 cm³/mol. The van der Waals surface area contributed by atoms with E-state index in [2.05, 4.69) is 4.90 Å². The molecule has 1 fully saturated rings. The second-order valence-corrected chi connectivity index (χ2v) is 9.73. The van der Waals surface area contributed by atoms with E-state index in [9.17, 15) is 8.42 Å². The third-order valence-corrected chi connectivity index (χ3v) is 7.42. The first-order chi connectivity index (χ1) is 15.5. The van der Waals surface area contributed by atoms with Crippen molar-refractivity contribution in [2.24, 2.45) is 0 Å². The zero-order valence-electron chi connectivity index (χ0n) is 18.0. The van der Waals surface area contributed by atoms with Gasteiger partial charge in [-0.05, 0) is 56.2 Å². The maximum absolute atomic E-state index is 13.1. The zero-order chi connectivity index (χ0) is 22.3. The number of nitrogens with zero attached hydrogens (tertiary/aromatic N) is 1. The van der Waals surface area contributed by atoms with E-state index in [1.165, 1.54) is 0 Å². The van der Waals surface area contributed by atoms with Crippen LogP contribution in [0.1, 0.15) is 30.0 Å². The summed E-state index contributed by atoms with van der Waals surface area (Å²) in [4.78, 5) is 2.37. The van der Waals surface area contributed by atoms with Gasteiger partial charge in [-0.25, -0.2) is 0 Å². The second-order valence-electron chi connectivity index (χ2n) is 8.16. The van der Waals surface area contributed by atoms with Gasteiger partial charge in [-0.2, -0.15) is 8.42 Å². The molecule has 0 N–H and O–H groups in total. The lowest BCUT2D eigenvalue weighted by Crippen LogP contribution is -2.43. The molecule has 2 atom stereocenters. The molecule has 166 valence electrons. The van der Waals surface area contributed by atoms with Gasteiger partial charge < -0.3 is 14.4 Å². The minimum atomic E-state index is -3.92. The van der Waals surface area contributed by atoms with Crippen molar-refractivity contribution in [2.45, 2.75) is 36.8 Å². The van der Waals surface area contributed by atoms with Crippen LogP contribution in [0.4, 0.5) is 5.69 Å². The average molecular weight is 452 g/mol. The van der Waals surface area contributed by atoms with Crippen LogP contribution in [0, 0.1) is 6.92 Å². The third kappa shape index (κ3) is 3.72. The van der Waals surface area contributed by atoms with Gasteiger partial charge in [0, 0.05) is 18.2 Å². The maximum atomic E-state index is 13.1. The largest absolute Gasteiger partial charge is 0.497 e. The predicted octanol–water partition coefficient (Wildman–Crippen LogP) is 5.22. The third-order valence-electron chi connectivity index (χ3n) is 6.07. The normalized spacial score (nSPS) is 19.8. The van der Waals surface area contributed by atoms with Gasteiger partial charge >= 0.3 is 0 Å². The van der Waals surface area contributed by atoms with Crippen molar-refractivity contribution in [3.63, 3.8) is 0 Å². The fraction of sp³-hybridized carbons (Fsp3) is 0.280. The Morgan fingerprint density at radius 2 is 1.78 bits per heavy atom. The molecule has 0 amide bonds. The Bertz CT molecular complexity index is 1240. The maximum Gasteiger partial charge on any atom is 0.297 e. The van der Waals surface area contributed by atoms with Crippen LogP contribution in [0.15, 0.2) is 71.6 Å². The first-order valence-corrected chi connectivity index (χ1v) is 12.1. The summed E-state index contributed by atoms with van der Waals surface area (Å²) in [5.74, 6) is 2.05. The summed E-state index contributed by atoms with van der Waals surface area (Å²) in [7, 11) is -2.31. The molecule has 0 spiro atoms. The van der Waals surface area contributed by atoms with Crippen LogP contribution in [-0.4, -0.2) is 28.2 Å². The molecule has 2 aliphatic heterocycles. The molecule has 3 aromatic rings. The summed E-state index contributed by atoms with van der Waals surface area (Å²) < 4.78 is 43.9. The van der Waals surface area contributed by atoms with Gasteiger partial charge in [0.05, 0.1) is 23.7 Å². The van der Waals surface area contributed by atoms with Crippen LogP contribution < -0.4 is 14.4 Å². The minimum absolute atomic E-state index is 0.167. The molecule has 0 bridgehead atoms. The monoisotopic (exact) mass is 451 g/mol. The SMILES string of the molecule is COc1ccc2c(c1)Oc1ccccc1N1CCC[C@@H](OS(=O)(=O)c3ccc(C)cc3)[C@H]21. The van der Waals surface area contributed by atoms with Crippen molar-refractivity contribution in [3.05, 3.63) is 77.9 Å². The highest BCUT2D eigenvalue weighted by Gasteiger charge is 2.41. The highest BCUT2D eigenvalue weighted by molar-refractivity contribution is 7.86. The first kappa shape index (κ1) is 20.8. The molecule has 2 heterocycles. The number of fused-ring (bicyclic) bond motifs is 5. The summed E-state index contributed by atoms with van der Waals surface area (Å²) in [6, 6.07) is 19.9. The van der Waals surface area contributed by atoms with Gasteiger partial charge in [-0.1, -0.05) is 29.8 Å². The number of hydrogen-bond acceptors (Lipinski definition) is 6. The van der Waals surface area contributed by atoms with Crippen LogP contribution >= 0.6 is 0 Å². The van der Waals surface area contributed by atoms with E-state index in [0.717, 1.165) is 35.5 Å². The van der Waals surface area contributed by atoms with Crippen molar-refractivity contribution in [2.75, 3.05) is 18.6 Å². The first-order valence-electron chi connectivity index (χ1n) is 10.7. The molecule has 0 radical (unpaired) electrons. The lowest BCUT2D eigenvalue weighted by molar-refractivity contribution is 0.144. The summed E-state index contributed by atoms with van der Waals surface area (Å²) >= 11 is 0. The fourth-order valence-corrected chi connectivity index (χ4v) is 5.60. The number of ether oxygens (including phenoxy) is 2. The van der Waals surface area contributed by atoms with Gasteiger partial charge in [0.1, 0.15) is 17.6 Å². The lowest BCUT2D eigenvalue weighted by atomic mass is 9.91. The van der Waals surface area contributed by atoms with Crippen LogP contribution in [0.3, 0.4) is 0 Å². The summed E-state index contributed by atoms with van der Waals surface area (Å²) in [5.41, 5.74) is 2.80. The molecule has 0 saturated carbocycles. The summed E-state index contributed by atoms with van der Waals surface area (Å²) in [5, 5.41) is 0. The number of rotatable bonds is 4. The molecule has 7 heteroatoms. The highest BCUT2D eigenvalue weighted by atomic mass is 32.2. The molecule has 5 rings (SSSR count). The summed E-state index contributed by atoms with van der Waals surface area (Å²) in [6.07, 6.45) is 0.876. The molecule has 1 saturated heterocycles. The lowest BCUT2D eigenvalue weighted by Gasteiger charge is -2.41. The van der Waals surface area contributed by atoms with E-state index in [4.69, 9.17) is 13.7 Å². The van der Waals surface area contributed by atoms with E-state index in [1.54, 1.807) is 31.4 Å². The van der Waals surface area contributed by atoms with Crippen molar-refractivity contribution in [3.8, 4) is 17.2 Å². The molecule has 0 aromatic heterocycles. The van der Waals surface area contributed by atoms with E-state index in [0.29, 0.717) is 17.9 Å². The Morgan fingerprint density at radius 1 is 1.00 bits per heavy atom. The second kappa shape index (κ2) is 8.15. The number of methoxy groups -OCH3 is 1. The van der Waals surface area contributed by atoms with Gasteiger partial charge in [-0.3, -0.25) is 4.18 Å². The van der Waals surface area contributed by atoms with Gasteiger partial charge in [0.2, 0.25) is 0 Å². The fourth-order valence-electron chi connectivity index (χ4n) is 4.50. The Balaban J connectivity index is 1.59. The van der Waals surface area contributed by atoms with Crippen LogP contribution in [0.2, 0.25) is 0 Å². The number of aryl methyl sites for hydroxylation is 1. The van der Waals surface area contributed by atoms with Crippen molar-refractivity contribution in [1.29, 1.82) is 0 Å². The smallest absolute Gasteiger partial charge is 0.297 e. The number of benzene rings is 3. The molecule has 32 heavy (non-hydrogen) atoms. The van der Waals surface area contributed by atoms with Crippen LogP contribution in [0.25, 0.3) is 0 Å². The Labute approximate surface area is 188 Å². The Hall–Kier alpha value is -3.03. The van der Waals surface area contributed by atoms with Gasteiger partial charge in [-0.15, -0.1) is 0 Å². The Kier molecular flexibility index (Phi) is 5.31. The van der Waals surface area contributed by atoms with Gasteiger partial charge in [0.25, 0.3) is 10.1 Å². The van der Waals surface area contributed by atoms with E-state index < -0.39 is 16.2 Å². The molecule has 0 unspecified atom stereocenters. The molecule has 0 aliphatic carbocycles. The topological polar surface area (TPSA) is 65.1 Å². The number of hydrogen-bond donors (Lipinski definition) is 0. The standard InChI is InChI=1S/C25H25NO5S/c1-17-9-12-19(13-10-17)32(27,28)31-23-8-5-15-26-21-6-3-4-7-22(21)30-24-16-18(29-2)11-14-20(24)25(23)26/h3-4,6-7,9-14,16,23,25H,5,8,15H2,1-2H3/t23-,25+/m1/s1. The summed E-state index contributed by atoms with van der Waals surface area (Å²) in [6.45, 7) is 2.70. The molecular weight excluding hydrogens is 426 g/mol. The number of para-hydroxylation sites is 2. The van der Waals surface area contributed by atoms with Gasteiger partial charge in [0.15, 0.2) is 5.75 Å². The van der Waals surface area contributed by atoms with E-state index in [1.807, 2.05) is 49.4 Å². The van der Waals surface area contributed by atoms with Crippen molar-refractivity contribution in [1.82, 2.24) is 0 Å². The van der Waals surface area contributed by atoms with Crippen LogP contribution in [0.5, 0.6) is 17.2 Å². The zero-order valence-corrected chi connectivity index (χ0v) is 18.8. The van der Waals surface area contributed by atoms with E-state index in [-0.39, 0.29) is 10.9 Å².